The molecule has 0 heterocycles. The number of rotatable bonds is 7. The van der Waals surface area contributed by atoms with Crippen molar-refractivity contribution in [1.82, 2.24) is 5.32 Å². The highest BCUT2D eigenvalue weighted by Gasteiger charge is 2.20. The summed E-state index contributed by atoms with van der Waals surface area (Å²) in [6.45, 7) is 6.87. The molecule has 0 unspecified atom stereocenters. The van der Waals surface area contributed by atoms with Crippen molar-refractivity contribution in [3.63, 3.8) is 0 Å². The molecule has 1 atom stereocenters. The van der Waals surface area contributed by atoms with Crippen molar-refractivity contribution in [1.29, 1.82) is 0 Å². The van der Waals surface area contributed by atoms with Crippen LogP contribution in [0.3, 0.4) is 0 Å². The number of nitrogens with one attached hydrogen (secondary N) is 1. The van der Waals surface area contributed by atoms with Crippen molar-refractivity contribution >= 4 is 5.97 Å². The molecule has 2 N–H and O–H groups in total. The second-order valence-corrected chi connectivity index (χ2v) is 4.52. The first kappa shape index (κ1) is 14.5. The van der Waals surface area contributed by atoms with Gasteiger partial charge in [0, 0.05) is 6.54 Å². The molecule has 0 saturated carbocycles. The van der Waals surface area contributed by atoms with E-state index in [0.29, 0.717) is 13.2 Å². The second kappa shape index (κ2) is 7.01. The second-order valence-electron chi connectivity index (χ2n) is 4.52. The maximum atomic E-state index is 11.0. The van der Waals surface area contributed by atoms with Crippen molar-refractivity contribution in [2.45, 2.75) is 33.4 Å². The quantitative estimate of drug-likeness (QED) is 0.780. The van der Waals surface area contributed by atoms with E-state index in [1.165, 1.54) is 0 Å². The Labute approximate surface area is 108 Å². The zero-order valence-corrected chi connectivity index (χ0v) is 11.1. The zero-order valence-electron chi connectivity index (χ0n) is 11.1. The van der Waals surface area contributed by atoms with E-state index in [4.69, 9.17) is 9.84 Å². The minimum absolute atomic E-state index is 0.0533. The van der Waals surface area contributed by atoms with Gasteiger partial charge in [0.05, 0.1) is 6.61 Å². The number of aliphatic carboxylic acids is 1. The number of carboxylic acid groups (broad SMARTS) is 1. The maximum absolute atomic E-state index is 11.0. The average Bonchev–Trinajstić information content (AvgIpc) is 2.29. The average molecular weight is 251 g/mol. The normalized spacial score (nSPS) is 12.4. The molecule has 4 nitrogen and oxygen atoms in total. The fraction of sp³-hybridized carbons (Fsp3) is 0.500. The minimum atomic E-state index is -0.814. The van der Waals surface area contributed by atoms with Gasteiger partial charge in [0.25, 0.3) is 0 Å². The molecule has 4 heteroatoms. The summed E-state index contributed by atoms with van der Waals surface area (Å²) in [5.41, 5.74) is 1.02. The summed E-state index contributed by atoms with van der Waals surface area (Å²) in [6, 6.07) is 7.16. The Bertz CT molecular complexity index is 390. The topological polar surface area (TPSA) is 58.6 Å². The van der Waals surface area contributed by atoms with Crippen LogP contribution in [0.25, 0.3) is 0 Å². The molecule has 0 aliphatic carbocycles. The molecule has 0 amide bonds. The zero-order chi connectivity index (χ0) is 13.5. The summed E-state index contributed by atoms with van der Waals surface area (Å²) in [6.07, 6.45) is 0. The molecule has 0 aliphatic heterocycles. The molecule has 18 heavy (non-hydrogen) atoms. The lowest BCUT2D eigenvalue weighted by atomic mass is 10.0. The van der Waals surface area contributed by atoms with Crippen molar-refractivity contribution in [3.05, 3.63) is 29.8 Å². The van der Waals surface area contributed by atoms with E-state index in [2.05, 4.69) is 5.32 Å². The van der Waals surface area contributed by atoms with Gasteiger partial charge in [0.2, 0.25) is 0 Å². The number of benzene rings is 1. The van der Waals surface area contributed by atoms with Gasteiger partial charge < -0.3 is 15.2 Å². The molecule has 0 aromatic heterocycles. The molecule has 100 valence electrons. The Morgan fingerprint density at radius 2 is 2.17 bits per heavy atom. The number of hydrogen-bond donors (Lipinski definition) is 2. The molecule has 0 fully saturated rings. The molecular formula is C14H21NO3. The first-order valence-electron chi connectivity index (χ1n) is 6.22. The van der Waals surface area contributed by atoms with Crippen LogP contribution >= 0.6 is 0 Å². The monoisotopic (exact) mass is 251 g/mol. The Hall–Kier alpha value is -1.55. The molecule has 0 radical (unpaired) electrons. The smallest absolute Gasteiger partial charge is 0.320 e. The molecule has 0 saturated heterocycles. The lowest BCUT2D eigenvalue weighted by Gasteiger charge is -2.18. The summed E-state index contributed by atoms with van der Waals surface area (Å²) in [5.74, 6) is 0.0526. The lowest BCUT2D eigenvalue weighted by Crippen LogP contribution is -2.40. The van der Waals surface area contributed by atoms with Gasteiger partial charge >= 0.3 is 5.97 Å². The number of carboxylic acids is 1. The van der Waals surface area contributed by atoms with E-state index in [0.717, 1.165) is 11.3 Å². The van der Waals surface area contributed by atoms with Crippen molar-refractivity contribution in [2.24, 2.45) is 5.92 Å². The van der Waals surface area contributed by atoms with Crippen LogP contribution in [0.1, 0.15) is 26.3 Å². The number of carbonyl (C=O) groups is 1. The fourth-order valence-corrected chi connectivity index (χ4v) is 1.75. The third-order valence-corrected chi connectivity index (χ3v) is 2.67. The Morgan fingerprint density at radius 3 is 2.72 bits per heavy atom. The standard InChI is InChI=1S/C14H21NO3/c1-4-18-12-7-5-6-11(8-12)9-15-13(10(2)3)14(16)17/h5-8,10,13,15H,4,9H2,1-3H3,(H,16,17)/t13-/m1/s1. The molecule has 1 rings (SSSR count). The first-order valence-corrected chi connectivity index (χ1v) is 6.22. The Kier molecular flexibility index (Phi) is 5.65. The largest absolute Gasteiger partial charge is 0.494 e. The van der Waals surface area contributed by atoms with Crippen LogP contribution in [0.15, 0.2) is 24.3 Å². The summed E-state index contributed by atoms with van der Waals surface area (Å²) >= 11 is 0. The predicted molar refractivity (Wildman–Crippen MR) is 70.7 cm³/mol. The van der Waals surface area contributed by atoms with Crippen LogP contribution in [0.5, 0.6) is 5.75 Å². The highest BCUT2D eigenvalue weighted by atomic mass is 16.5. The highest BCUT2D eigenvalue weighted by Crippen LogP contribution is 2.13. The summed E-state index contributed by atoms with van der Waals surface area (Å²) in [5, 5.41) is 12.1. The van der Waals surface area contributed by atoms with Crippen LogP contribution in [0.2, 0.25) is 0 Å². The Morgan fingerprint density at radius 1 is 1.44 bits per heavy atom. The van der Waals surface area contributed by atoms with Crippen molar-refractivity contribution < 1.29 is 14.6 Å². The van der Waals surface area contributed by atoms with E-state index in [1.807, 2.05) is 45.0 Å². The lowest BCUT2D eigenvalue weighted by molar-refractivity contribution is -0.140. The molecular weight excluding hydrogens is 230 g/mol. The summed E-state index contributed by atoms with van der Waals surface area (Å²) in [7, 11) is 0. The maximum Gasteiger partial charge on any atom is 0.320 e. The van der Waals surface area contributed by atoms with Gasteiger partial charge in [0.15, 0.2) is 0 Å². The highest BCUT2D eigenvalue weighted by molar-refractivity contribution is 5.73. The SMILES string of the molecule is CCOc1cccc(CN[C@@H](C(=O)O)C(C)C)c1. The third-order valence-electron chi connectivity index (χ3n) is 2.67. The minimum Gasteiger partial charge on any atom is -0.494 e. The van der Waals surface area contributed by atoms with Crippen LogP contribution in [-0.4, -0.2) is 23.7 Å². The third kappa shape index (κ3) is 4.37. The van der Waals surface area contributed by atoms with E-state index < -0.39 is 12.0 Å². The van der Waals surface area contributed by atoms with Crippen LogP contribution < -0.4 is 10.1 Å². The Balaban J connectivity index is 2.61. The van der Waals surface area contributed by atoms with Crippen LogP contribution in [-0.2, 0) is 11.3 Å². The predicted octanol–water partition coefficient (Wildman–Crippen LogP) is 2.28. The van der Waals surface area contributed by atoms with Crippen molar-refractivity contribution in [2.75, 3.05) is 6.61 Å². The van der Waals surface area contributed by atoms with Crippen LogP contribution in [0, 0.1) is 5.92 Å². The van der Waals surface area contributed by atoms with E-state index in [9.17, 15) is 4.79 Å². The van der Waals surface area contributed by atoms with Gasteiger partial charge in [-0.2, -0.15) is 0 Å². The molecule has 1 aromatic carbocycles. The molecule has 1 aromatic rings. The van der Waals surface area contributed by atoms with Gasteiger partial charge in [-0.25, -0.2) is 0 Å². The molecule has 0 spiro atoms. The molecule has 0 aliphatic rings. The van der Waals surface area contributed by atoms with Gasteiger partial charge in [-0.3, -0.25) is 4.79 Å². The van der Waals surface area contributed by atoms with E-state index >= 15 is 0 Å². The van der Waals surface area contributed by atoms with Crippen LogP contribution in [0.4, 0.5) is 0 Å². The summed E-state index contributed by atoms with van der Waals surface area (Å²) in [4.78, 5) is 11.0. The van der Waals surface area contributed by atoms with Crippen molar-refractivity contribution in [3.8, 4) is 5.75 Å². The van der Waals surface area contributed by atoms with Gasteiger partial charge in [-0.1, -0.05) is 26.0 Å². The number of ether oxygens (including phenoxy) is 1. The first-order chi connectivity index (χ1) is 8.54. The fourth-order valence-electron chi connectivity index (χ4n) is 1.75. The van der Waals surface area contributed by atoms with Gasteiger partial charge in [0.1, 0.15) is 11.8 Å². The molecule has 0 bridgehead atoms. The van der Waals surface area contributed by atoms with E-state index in [1.54, 1.807) is 0 Å². The van der Waals surface area contributed by atoms with E-state index in [-0.39, 0.29) is 5.92 Å². The van der Waals surface area contributed by atoms with Gasteiger partial charge in [-0.15, -0.1) is 0 Å². The van der Waals surface area contributed by atoms with Gasteiger partial charge in [-0.05, 0) is 30.5 Å². The summed E-state index contributed by atoms with van der Waals surface area (Å²) < 4.78 is 5.40. The number of hydrogen-bond acceptors (Lipinski definition) is 3.